The summed E-state index contributed by atoms with van der Waals surface area (Å²) in [5.74, 6) is 0. The molecule has 1 rings (SSSR count). The van der Waals surface area contributed by atoms with E-state index in [-0.39, 0.29) is 5.54 Å². The minimum absolute atomic E-state index is 0.384. The first-order valence-corrected chi connectivity index (χ1v) is 7.98. The fourth-order valence-corrected chi connectivity index (χ4v) is 2.70. The van der Waals surface area contributed by atoms with E-state index in [9.17, 15) is 5.26 Å². The average molecular weight is 280 g/mol. The molecule has 1 N–H and O–H groups in total. The molecule has 0 aromatic heterocycles. The molecule has 0 heterocycles. The second-order valence-electron chi connectivity index (χ2n) is 6.75. The van der Waals surface area contributed by atoms with E-state index in [1.165, 1.54) is 12.8 Å². The number of likely N-dealkylation sites (N-methyl/N-ethyl adjacent to an activating group) is 1. The maximum atomic E-state index is 9.50. The van der Waals surface area contributed by atoms with E-state index in [2.05, 4.69) is 56.1 Å². The van der Waals surface area contributed by atoms with Crippen molar-refractivity contribution in [1.82, 2.24) is 15.1 Å². The Kier molecular flexibility index (Phi) is 6.94. The topological polar surface area (TPSA) is 42.3 Å². The Labute approximate surface area is 125 Å². The first kappa shape index (κ1) is 17.4. The van der Waals surface area contributed by atoms with Crippen molar-refractivity contribution in [1.29, 1.82) is 5.26 Å². The molecule has 0 bridgehead atoms. The predicted molar refractivity (Wildman–Crippen MR) is 84.7 cm³/mol. The first-order valence-electron chi connectivity index (χ1n) is 7.98. The number of rotatable bonds is 10. The molecule has 116 valence electrons. The standard InChI is InChI=1S/C16H32N4/c1-6-9-20(11-10-19(4)5)14(2)12-16(3,13-17)18-15-7-8-15/h14-15,18H,6-12H2,1-5H3. The van der Waals surface area contributed by atoms with Crippen molar-refractivity contribution in [3.8, 4) is 6.07 Å². The van der Waals surface area contributed by atoms with Crippen LogP contribution in [0.2, 0.25) is 0 Å². The number of nitrogens with zero attached hydrogens (tertiary/aromatic N) is 3. The molecule has 4 nitrogen and oxygen atoms in total. The second-order valence-corrected chi connectivity index (χ2v) is 6.75. The summed E-state index contributed by atoms with van der Waals surface area (Å²) in [5, 5.41) is 13.0. The largest absolute Gasteiger partial charge is 0.308 e. The maximum Gasteiger partial charge on any atom is 0.105 e. The van der Waals surface area contributed by atoms with Gasteiger partial charge in [0, 0.05) is 25.2 Å². The molecular formula is C16H32N4. The van der Waals surface area contributed by atoms with Gasteiger partial charge in [-0.25, -0.2) is 0 Å². The van der Waals surface area contributed by atoms with E-state index in [0.29, 0.717) is 12.1 Å². The lowest BCUT2D eigenvalue weighted by molar-refractivity contribution is 0.161. The van der Waals surface area contributed by atoms with Gasteiger partial charge in [0.05, 0.1) is 6.07 Å². The highest BCUT2D eigenvalue weighted by atomic mass is 15.2. The third-order valence-corrected chi connectivity index (χ3v) is 4.02. The molecule has 0 aromatic carbocycles. The van der Waals surface area contributed by atoms with E-state index >= 15 is 0 Å². The zero-order valence-electron chi connectivity index (χ0n) is 13.9. The van der Waals surface area contributed by atoms with Crippen LogP contribution in [0.15, 0.2) is 0 Å². The smallest absolute Gasteiger partial charge is 0.105 e. The number of hydrogen-bond acceptors (Lipinski definition) is 4. The van der Waals surface area contributed by atoms with Gasteiger partial charge in [-0.05, 0) is 60.2 Å². The van der Waals surface area contributed by atoms with E-state index in [4.69, 9.17) is 0 Å². The molecule has 1 aliphatic carbocycles. The summed E-state index contributed by atoms with van der Waals surface area (Å²) >= 11 is 0. The summed E-state index contributed by atoms with van der Waals surface area (Å²) in [6.07, 6.45) is 4.51. The van der Waals surface area contributed by atoms with E-state index in [1.807, 2.05) is 0 Å². The molecule has 0 aromatic rings. The normalized spacial score (nSPS) is 19.9. The van der Waals surface area contributed by atoms with E-state index in [0.717, 1.165) is 32.5 Å². The molecule has 2 atom stereocenters. The molecule has 1 saturated carbocycles. The molecule has 4 heteroatoms. The summed E-state index contributed by atoms with van der Waals surface area (Å²) in [6, 6.07) is 3.51. The molecular weight excluding hydrogens is 248 g/mol. The van der Waals surface area contributed by atoms with Gasteiger partial charge >= 0.3 is 0 Å². The van der Waals surface area contributed by atoms with Crippen LogP contribution in [0, 0.1) is 11.3 Å². The molecule has 0 saturated heterocycles. The molecule has 1 fully saturated rings. The zero-order valence-corrected chi connectivity index (χ0v) is 13.9. The van der Waals surface area contributed by atoms with Gasteiger partial charge in [-0.2, -0.15) is 5.26 Å². The van der Waals surface area contributed by atoms with Gasteiger partial charge in [-0.15, -0.1) is 0 Å². The summed E-state index contributed by atoms with van der Waals surface area (Å²) in [5.41, 5.74) is -0.384. The molecule has 20 heavy (non-hydrogen) atoms. The van der Waals surface area contributed by atoms with Gasteiger partial charge < -0.3 is 4.90 Å². The average Bonchev–Trinajstić information content (AvgIpc) is 3.17. The molecule has 0 spiro atoms. The predicted octanol–water partition coefficient (Wildman–Crippen LogP) is 2.07. The Bertz CT molecular complexity index is 319. The summed E-state index contributed by atoms with van der Waals surface area (Å²) in [6.45, 7) is 9.80. The van der Waals surface area contributed by atoms with Crippen molar-refractivity contribution < 1.29 is 0 Å². The maximum absolute atomic E-state index is 9.50. The van der Waals surface area contributed by atoms with Crippen LogP contribution in [0.4, 0.5) is 0 Å². The number of nitriles is 1. The van der Waals surface area contributed by atoms with Crippen molar-refractivity contribution >= 4 is 0 Å². The first-order chi connectivity index (χ1) is 9.40. The monoisotopic (exact) mass is 280 g/mol. The summed E-state index contributed by atoms with van der Waals surface area (Å²) < 4.78 is 0. The highest BCUT2D eigenvalue weighted by molar-refractivity contribution is 5.08. The number of hydrogen-bond donors (Lipinski definition) is 1. The summed E-state index contributed by atoms with van der Waals surface area (Å²) in [7, 11) is 4.23. The molecule has 2 unspecified atom stereocenters. The van der Waals surface area contributed by atoms with Crippen molar-refractivity contribution in [3.05, 3.63) is 0 Å². The molecule has 1 aliphatic rings. The zero-order chi connectivity index (χ0) is 15.2. The lowest BCUT2D eigenvalue weighted by Gasteiger charge is -2.34. The van der Waals surface area contributed by atoms with Crippen LogP contribution in [-0.2, 0) is 0 Å². The van der Waals surface area contributed by atoms with E-state index in [1.54, 1.807) is 0 Å². The fourth-order valence-electron chi connectivity index (χ4n) is 2.70. The quantitative estimate of drug-likeness (QED) is 0.665. The van der Waals surface area contributed by atoms with Crippen LogP contribution in [0.5, 0.6) is 0 Å². The van der Waals surface area contributed by atoms with E-state index < -0.39 is 0 Å². The van der Waals surface area contributed by atoms with Crippen molar-refractivity contribution in [2.24, 2.45) is 0 Å². The summed E-state index contributed by atoms with van der Waals surface area (Å²) in [4.78, 5) is 4.74. The van der Waals surface area contributed by atoms with Gasteiger partial charge in [0.2, 0.25) is 0 Å². The van der Waals surface area contributed by atoms with Crippen molar-refractivity contribution in [2.45, 2.75) is 64.1 Å². The molecule has 0 radical (unpaired) electrons. The van der Waals surface area contributed by atoms with Crippen LogP contribution >= 0.6 is 0 Å². The Morgan fingerprint density at radius 2 is 1.95 bits per heavy atom. The Morgan fingerprint density at radius 1 is 1.30 bits per heavy atom. The highest BCUT2D eigenvalue weighted by Crippen LogP contribution is 2.25. The Hall–Kier alpha value is -0.630. The van der Waals surface area contributed by atoms with Crippen LogP contribution in [0.25, 0.3) is 0 Å². The highest BCUT2D eigenvalue weighted by Gasteiger charge is 2.34. The third-order valence-electron chi connectivity index (χ3n) is 4.02. The van der Waals surface area contributed by atoms with Crippen molar-refractivity contribution in [3.63, 3.8) is 0 Å². The van der Waals surface area contributed by atoms with Gasteiger partial charge in [0.25, 0.3) is 0 Å². The minimum Gasteiger partial charge on any atom is -0.308 e. The third kappa shape index (κ3) is 6.21. The Morgan fingerprint density at radius 3 is 2.40 bits per heavy atom. The van der Waals surface area contributed by atoms with Crippen LogP contribution in [0.3, 0.4) is 0 Å². The fraction of sp³-hybridized carbons (Fsp3) is 0.938. The minimum atomic E-state index is -0.384. The number of nitrogens with one attached hydrogen (secondary N) is 1. The van der Waals surface area contributed by atoms with Gasteiger partial charge in [0.1, 0.15) is 5.54 Å². The molecule has 0 amide bonds. The van der Waals surface area contributed by atoms with Gasteiger partial charge in [-0.3, -0.25) is 10.2 Å². The van der Waals surface area contributed by atoms with Gasteiger partial charge in [0.15, 0.2) is 0 Å². The van der Waals surface area contributed by atoms with Crippen LogP contribution in [-0.4, -0.2) is 61.2 Å². The van der Waals surface area contributed by atoms with Gasteiger partial charge in [-0.1, -0.05) is 6.92 Å². The molecule has 0 aliphatic heterocycles. The van der Waals surface area contributed by atoms with Crippen LogP contribution < -0.4 is 5.32 Å². The SMILES string of the molecule is CCCN(CCN(C)C)C(C)CC(C)(C#N)NC1CC1. The Balaban J connectivity index is 2.53. The lowest BCUT2D eigenvalue weighted by Crippen LogP contribution is -2.49. The van der Waals surface area contributed by atoms with Crippen molar-refractivity contribution in [2.75, 3.05) is 33.7 Å². The lowest BCUT2D eigenvalue weighted by atomic mass is 9.94. The second kappa shape index (κ2) is 7.97. The van der Waals surface area contributed by atoms with Crippen LogP contribution in [0.1, 0.15) is 46.5 Å².